The highest BCUT2D eigenvalue weighted by Gasteiger charge is 2.24. The van der Waals surface area contributed by atoms with Gasteiger partial charge in [0.15, 0.2) is 0 Å². The maximum absolute atomic E-state index is 11.9. The van der Waals surface area contributed by atoms with Gasteiger partial charge < -0.3 is 19.9 Å². The van der Waals surface area contributed by atoms with Gasteiger partial charge in [-0.3, -0.25) is 4.79 Å². The fourth-order valence-electron chi connectivity index (χ4n) is 1.99. The molecule has 6 heteroatoms. The van der Waals surface area contributed by atoms with E-state index in [0.717, 1.165) is 11.3 Å². The van der Waals surface area contributed by atoms with Crippen LogP contribution in [0.1, 0.15) is 17.4 Å². The highest BCUT2D eigenvalue weighted by atomic mass is 32.1. The van der Waals surface area contributed by atoms with Crippen molar-refractivity contribution in [3.8, 4) is 0 Å². The summed E-state index contributed by atoms with van der Waals surface area (Å²) in [5.41, 5.74) is 0. The van der Waals surface area contributed by atoms with Crippen LogP contribution in [0.4, 0.5) is 0 Å². The first-order valence-electron chi connectivity index (χ1n) is 6.42. The van der Waals surface area contributed by atoms with Crippen molar-refractivity contribution in [3.63, 3.8) is 0 Å². The first kappa shape index (κ1) is 14.5. The van der Waals surface area contributed by atoms with E-state index in [1.807, 2.05) is 17.5 Å². The van der Waals surface area contributed by atoms with E-state index in [4.69, 9.17) is 14.6 Å². The Kier molecular flexibility index (Phi) is 5.78. The van der Waals surface area contributed by atoms with Crippen LogP contribution < -0.4 is 5.32 Å². The van der Waals surface area contributed by atoms with Gasteiger partial charge in [-0.2, -0.15) is 0 Å². The van der Waals surface area contributed by atoms with E-state index in [9.17, 15) is 4.79 Å². The lowest BCUT2D eigenvalue weighted by Gasteiger charge is -2.18. The zero-order valence-corrected chi connectivity index (χ0v) is 11.5. The Bertz CT molecular complexity index is 376. The van der Waals surface area contributed by atoms with Gasteiger partial charge in [0.1, 0.15) is 6.10 Å². The van der Waals surface area contributed by atoms with Gasteiger partial charge in [0.05, 0.1) is 25.7 Å². The van der Waals surface area contributed by atoms with Crippen LogP contribution >= 0.6 is 11.3 Å². The number of thiophene rings is 1. The molecule has 1 aliphatic rings. The summed E-state index contributed by atoms with van der Waals surface area (Å²) in [6.45, 7) is 1.84. The molecule has 1 aliphatic heterocycles. The van der Waals surface area contributed by atoms with Crippen molar-refractivity contribution < 1.29 is 19.4 Å². The summed E-state index contributed by atoms with van der Waals surface area (Å²) in [5, 5.41) is 13.7. The molecule has 0 aliphatic carbocycles. The van der Waals surface area contributed by atoms with Gasteiger partial charge in [-0.25, -0.2) is 0 Å². The van der Waals surface area contributed by atoms with Gasteiger partial charge in [-0.15, -0.1) is 11.3 Å². The molecule has 1 saturated heterocycles. The second-order valence-corrected chi connectivity index (χ2v) is 5.38. The normalized spacial score (nSPS) is 20.4. The highest BCUT2D eigenvalue weighted by molar-refractivity contribution is 7.10. The average molecular weight is 285 g/mol. The van der Waals surface area contributed by atoms with Crippen LogP contribution in [0.15, 0.2) is 17.5 Å². The second kappa shape index (κ2) is 7.59. The predicted molar refractivity (Wildman–Crippen MR) is 72.0 cm³/mol. The molecule has 2 heterocycles. The maximum Gasteiger partial charge on any atom is 0.225 e. The third-order valence-electron chi connectivity index (χ3n) is 3.03. The zero-order chi connectivity index (χ0) is 13.5. The molecule has 2 atom stereocenters. The summed E-state index contributed by atoms with van der Waals surface area (Å²) in [6, 6.07) is 3.92. The Morgan fingerprint density at radius 2 is 2.58 bits per heavy atom. The molecule has 0 aromatic carbocycles. The van der Waals surface area contributed by atoms with E-state index in [-0.39, 0.29) is 31.1 Å². The minimum absolute atomic E-state index is 0.0201. The van der Waals surface area contributed by atoms with Crippen LogP contribution in [0.3, 0.4) is 0 Å². The summed E-state index contributed by atoms with van der Waals surface area (Å²) < 4.78 is 10.8. The van der Waals surface area contributed by atoms with Gasteiger partial charge in [0.25, 0.3) is 0 Å². The van der Waals surface area contributed by atoms with Crippen molar-refractivity contribution in [2.24, 2.45) is 5.92 Å². The molecule has 2 N–H and O–H groups in total. The molecule has 106 valence electrons. The first-order valence-corrected chi connectivity index (χ1v) is 7.30. The summed E-state index contributed by atoms with van der Waals surface area (Å²) in [6.07, 6.45) is 0.589. The number of rotatable bonds is 7. The number of ether oxygens (including phenoxy) is 2. The van der Waals surface area contributed by atoms with Crippen LogP contribution in [0, 0.1) is 5.92 Å². The lowest BCUT2D eigenvalue weighted by atomic mass is 10.1. The molecule has 1 aromatic rings. The lowest BCUT2D eigenvalue weighted by molar-refractivity contribution is -0.125. The van der Waals surface area contributed by atoms with Crippen LogP contribution in [0.25, 0.3) is 0 Å². The van der Waals surface area contributed by atoms with Crippen molar-refractivity contribution in [2.45, 2.75) is 12.5 Å². The van der Waals surface area contributed by atoms with Crippen molar-refractivity contribution in [1.82, 2.24) is 5.32 Å². The Labute approximate surface area is 116 Å². The first-order chi connectivity index (χ1) is 9.31. The molecule has 5 nitrogen and oxygen atoms in total. The van der Waals surface area contributed by atoms with Crippen molar-refractivity contribution in [1.29, 1.82) is 0 Å². The minimum atomic E-state index is -0.196. The van der Waals surface area contributed by atoms with E-state index >= 15 is 0 Å². The molecule has 0 saturated carbocycles. The number of carbonyl (C=O) groups excluding carboxylic acids is 1. The SMILES string of the molecule is O=C(NC[C@H](OCCO)c1cccs1)[C@@H]1CCOC1. The van der Waals surface area contributed by atoms with Gasteiger partial charge in [0.2, 0.25) is 5.91 Å². The zero-order valence-electron chi connectivity index (χ0n) is 10.7. The van der Waals surface area contributed by atoms with Gasteiger partial charge in [-0.05, 0) is 17.9 Å². The van der Waals surface area contributed by atoms with Gasteiger partial charge in [0, 0.05) is 18.0 Å². The largest absolute Gasteiger partial charge is 0.394 e. The number of hydrogen-bond donors (Lipinski definition) is 2. The molecule has 0 bridgehead atoms. The Hall–Kier alpha value is -0.950. The second-order valence-electron chi connectivity index (χ2n) is 4.40. The highest BCUT2D eigenvalue weighted by Crippen LogP contribution is 2.22. The van der Waals surface area contributed by atoms with Crippen LogP contribution in [-0.2, 0) is 14.3 Å². The molecule has 0 radical (unpaired) electrons. The molecular weight excluding hydrogens is 266 g/mol. The molecule has 0 spiro atoms. The van der Waals surface area contributed by atoms with Crippen LogP contribution in [0.2, 0.25) is 0 Å². The monoisotopic (exact) mass is 285 g/mol. The van der Waals surface area contributed by atoms with E-state index in [0.29, 0.717) is 19.8 Å². The van der Waals surface area contributed by atoms with Gasteiger partial charge >= 0.3 is 0 Å². The number of nitrogens with one attached hydrogen (secondary N) is 1. The molecule has 2 rings (SSSR count). The van der Waals surface area contributed by atoms with E-state index in [1.165, 1.54) is 0 Å². The maximum atomic E-state index is 11.9. The van der Waals surface area contributed by atoms with Gasteiger partial charge in [-0.1, -0.05) is 6.07 Å². The van der Waals surface area contributed by atoms with Crippen molar-refractivity contribution in [3.05, 3.63) is 22.4 Å². The third kappa shape index (κ3) is 4.28. The predicted octanol–water partition coefficient (Wildman–Crippen LogP) is 0.951. The molecular formula is C13H19NO4S. The summed E-state index contributed by atoms with van der Waals surface area (Å²) in [5.74, 6) is -0.0199. The average Bonchev–Trinajstić information content (AvgIpc) is 3.11. The van der Waals surface area contributed by atoms with Crippen molar-refractivity contribution >= 4 is 17.2 Å². The lowest BCUT2D eigenvalue weighted by Crippen LogP contribution is -2.34. The van der Waals surface area contributed by atoms with Crippen LogP contribution in [-0.4, -0.2) is 44.0 Å². The minimum Gasteiger partial charge on any atom is -0.394 e. The van der Waals surface area contributed by atoms with E-state index < -0.39 is 0 Å². The number of hydrogen-bond acceptors (Lipinski definition) is 5. The third-order valence-corrected chi connectivity index (χ3v) is 4.00. The molecule has 0 unspecified atom stereocenters. The number of aliphatic hydroxyl groups excluding tert-OH is 1. The smallest absolute Gasteiger partial charge is 0.225 e. The molecule has 1 amide bonds. The summed E-state index contributed by atoms with van der Waals surface area (Å²) >= 11 is 1.58. The number of amides is 1. The number of aliphatic hydroxyl groups is 1. The van der Waals surface area contributed by atoms with E-state index in [2.05, 4.69) is 5.32 Å². The van der Waals surface area contributed by atoms with Crippen molar-refractivity contribution in [2.75, 3.05) is 33.0 Å². The number of carbonyl (C=O) groups is 1. The molecule has 19 heavy (non-hydrogen) atoms. The molecule has 1 aromatic heterocycles. The molecule has 1 fully saturated rings. The standard InChI is InChI=1S/C13H19NO4S/c15-4-6-18-11(12-2-1-7-19-12)8-14-13(16)10-3-5-17-9-10/h1-2,7,10-11,15H,3-6,8-9H2,(H,14,16)/t10-,11+/m1/s1. The van der Waals surface area contributed by atoms with Crippen LogP contribution in [0.5, 0.6) is 0 Å². The quantitative estimate of drug-likeness (QED) is 0.783. The Morgan fingerprint density at radius 3 is 3.21 bits per heavy atom. The fraction of sp³-hybridized carbons (Fsp3) is 0.615. The Morgan fingerprint density at radius 1 is 1.68 bits per heavy atom. The summed E-state index contributed by atoms with van der Waals surface area (Å²) in [7, 11) is 0. The van der Waals surface area contributed by atoms with E-state index in [1.54, 1.807) is 11.3 Å². The topological polar surface area (TPSA) is 67.8 Å². The fourth-order valence-corrected chi connectivity index (χ4v) is 2.76. The summed E-state index contributed by atoms with van der Waals surface area (Å²) in [4.78, 5) is 13.0. The Balaban J connectivity index is 1.83.